The smallest absolute Gasteiger partial charge is 0.271 e. The minimum Gasteiger partial charge on any atom is -0.322 e. The van der Waals surface area contributed by atoms with E-state index in [4.69, 9.17) is 0 Å². The number of benzene rings is 3. The molecule has 7 heteroatoms. The van der Waals surface area contributed by atoms with Gasteiger partial charge in [-0.25, -0.2) is 14.2 Å². The number of anilines is 1. The first kappa shape index (κ1) is 18.9. The maximum absolute atomic E-state index is 13.5. The maximum Gasteiger partial charge on any atom is 0.271 e. The first-order chi connectivity index (χ1) is 13.5. The zero-order valence-corrected chi connectivity index (χ0v) is 14.5. The molecule has 0 unspecified atom stereocenters. The van der Waals surface area contributed by atoms with Gasteiger partial charge in [0.2, 0.25) is 0 Å². The number of amides is 2. The molecule has 0 saturated carbocycles. The van der Waals surface area contributed by atoms with Gasteiger partial charge in [-0.2, -0.15) is 5.10 Å². The average molecular weight is 379 g/mol. The molecule has 2 amide bonds. The number of rotatable bonds is 5. The van der Waals surface area contributed by atoms with Crippen LogP contribution in [0.2, 0.25) is 0 Å². The van der Waals surface area contributed by atoms with Crippen molar-refractivity contribution in [2.24, 2.45) is 5.10 Å². The number of hydrogen-bond donors (Lipinski definition) is 2. The minimum atomic E-state index is -0.523. The number of nitrogens with zero attached hydrogens (tertiary/aromatic N) is 1. The highest BCUT2D eigenvalue weighted by molar-refractivity contribution is 6.05. The second-order valence-electron chi connectivity index (χ2n) is 5.76. The summed E-state index contributed by atoms with van der Waals surface area (Å²) in [5.41, 5.74) is 3.47. The number of nitrogens with one attached hydrogen (secondary N) is 2. The molecule has 0 radical (unpaired) electrons. The number of hydrazone groups is 1. The normalized spacial score (nSPS) is 10.6. The third kappa shape index (κ3) is 4.85. The van der Waals surface area contributed by atoms with Gasteiger partial charge in [-0.3, -0.25) is 9.59 Å². The molecule has 0 saturated heterocycles. The standard InChI is InChI=1S/C21H15F2N3O2/c22-17-10-8-14(9-11-17)20(27)25-18-6-3-5-15(12-18)21(28)26-24-13-16-4-1-2-7-19(16)23/h1-13H,(H,25,27)(H,26,28)/b24-13+. The molecule has 0 aliphatic heterocycles. The lowest BCUT2D eigenvalue weighted by Gasteiger charge is -2.07. The second kappa shape index (κ2) is 8.68. The van der Waals surface area contributed by atoms with Crippen LogP contribution in [0.5, 0.6) is 0 Å². The SMILES string of the molecule is O=C(N/N=C/c1ccccc1F)c1cccc(NC(=O)c2ccc(F)cc2)c1. The Bertz CT molecular complexity index is 1030. The van der Waals surface area contributed by atoms with Crippen LogP contribution in [0.4, 0.5) is 14.5 Å². The molecule has 0 heterocycles. The fraction of sp³-hybridized carbons (Fsp3) is 0. The van der Waals surface area contributed by atoms with Crippen molar-refractivity contribution in [3.05, 3.63) is 101 Å². The number of hydrogen-bond acceptors (Lipinski definition) is 3. The Labute approximate surface area is 159 Å². The molecule has 0 bridgehead atoms. The van der Waals surface area contributed by atoms with Crippen LogP contribution < -0.4 is 10.7 Å². The molecule has 3 aromatic rings. The predicted molar refractivity (Wildman–Crippen MR) is 102 cm³/mol. The fourth-order valence-electron chi connectivity index (χ4n) is 2.35. The molecule has 5 nitrogen and oxygen atoms in total. The van der Waals surface area contributed by atoms with Crippen molar-refractivity contribution in [2.45, 2.75) is 0 Å². The van der Waals surface area contributed by atoms with Crippen LogP contribution in [0.25, 0.3) is 0 Å². The Balaban J connectivity index is 1.65. The van der Waals surface area contributed by atoms with Gasteiger partial charge in [0.15, 0.2) is 0 Å². The Hall–Kier alpha value is -3.87. The third-order valence-electron chi connectivity index (χ3n) is 3.76. The van der Waals surface area contributed by atoms with E-state index in [-0.39, 0.29) is 16.7 Å². The van der Waals surface area contributed by atoms with Crippen LogP contribution in [-0.4, -0.2) is 18.0 Å². The Morgan fingerprint density at radius 3 is 2.32 bits per heavy atom. The van der Waals surface area contributed by atoms with Crippen LogP contribution in [0.1, 0.15) is 26.3 Å². The molecule has 3 aromatic carbocycles. The first-order valence-electron chi connectivity index (χ1n) is 8.28. The van der Waals surface area contributed by atoms with Crippen molar-refractivity contribution in [3.63, 3.8) is 0 Å². The first-order valence-corrected chi connectivity index (χ1v) is 8.28. The summed E-state index contributed by atoms with van der Waals surface area (Å²) in [6, 6.07) is 17.3. The van der Waals surface area contributed by atoms with Gasteiger partial charge in [0, 0.05) is 22.4 Å². The molecular formula is C21H15F2N3O2. The van der Waals surface area contributed by atoms with Gasteiger partial charge >= 0.3 is 0 Å². The Morgan fingerprint density at radius 2 is 1.57 bits per heavy atom. The summed E-state index contributed by atoms with van der Waals surface area (Å²) in [5.74, 6) is -1.85. The van der Waals surface area contributed by atoms with Gasteiger partial charge in [0.25, 0.3) is 11.8 Å². The van der Waals surface area contributed by atoms with E-state index in [0.29, 0.717) is 5.69 Å². The minimum absolute atomic E-state index is 0.239. The van der Waals surface area contributed by atoms with Crippen molar-refractivity contribution < 1.29 is 18.4 Å². The highest BCUT2D eigenvalue weighted by atomic mass is 19.1. The lowest BCUT2D eigenvalue weighted by molar-refractivity contribution is 0.0953. The summed E-state index contributed by atoms with van der Waals surface area (Å²) in [6.07, 6.45) is 1.20. The van der Waals surface area contributed by atoms with Crippen molar-refractivity contribution in [1.82, 2.24) is 5.43 Å². The van der Waals surface area contributed by atoms with Gasteiger partial charge < -0.3 is 5.32 Å². The fourth-order valence-corrected chi connectivity index (χ4v) is 2.35. The maximum atomic E-state index is 13.5. The monoisotopic (exact) mass is 379 g/mol. The van der Waals surface area contributed by atoms with Crippen molar-refractivity contribution in [3.8, 4) is 0 Å². The highest BCUT2D eigenvalue weighted by Gasteiger charge is 2.09. The van der Waals surface area contributed by atoms with Gasteiger partial charge in [0.1, 0.15) is 11.6 Å². The van der Waals surface area contributed by atoms with E-state index in [0.717, 1.165) is 0 Å². The topological polar surface area (TPSA) is 70.6 Å². The van der Waals surface area contributed by atoms with Gasteiger partial charge in [-0.1, -0.05) is 24.3 Å². The molecular weight excluding hydrogens is 364 g/mol. The van der Waals surface area contributed by atoms with E-state index in [2.05, 4.69) is 15.8 Å². The molecule has 140 valence electrons. The van der Waals surface area contributed by atoms with E-state index in [9.17, 15) is 18.4 Å². The zero-order chi connectivity index (χ0) is 19.9. The second-order valence-corrected chi connectivity index (χ2v) is 5.76. The predicted octanol–water partition coefficient (Wildman–Crippen LogP) is 3.98. The zero-order valence-electron chi connectivity index (χ0n) is 14.5. The van der Waals surface area contributed by atoms with E-state index in [1.54, 1.807) is 30.3 Å². The molecule has 0 atom stereocenters. The summed E-state index contributed by atoms with van der Waals surface area (Å²) in [7, 11) is 0. The molecule has 0 aliphatic carbocycles. The summed E-state index contributed by atoms with van der Waals surface area (Å²) in [4.78, 5) is 24.4. The molecule has 0 fully saturated rings. The van der Waals surface area contributed by atoms with Crippen molar-refractivity contribution >= 4 is 23.7 Å². The van der Waals surface area contributed by atoms with Gasteiger partial charge in [0.05, 0.1) is 6.21 Å². The summed E-state index contributed by atoms with van der Waals surface area (Å²) in [6.45, 7) is 0. The quantitative estimate of drug-likeness (QED) is 0.520. The van der Waals surface area contributed by atoms with Gasteiger partial charge in [-0.05, 0) is 48.5 Å². The summed E-state index contributed by atoms with van der Waals surface area (Å²) < 4.78 is 26.5. The molecule has 3 rings (SSSR count). The van der Waals surface area contributed by atoms with Crippen LogP contribution in [0, 0.1) is 11.6 Å². The van der Waals surface area contributed by atoms with Crippen molar-refractivity contribution in [2.75, 3.05) is 5.32 Å². The number of halogens is 2. The molecule has 2 N–H and O–H groups in total. The lowest BCUT2D eigenvalue weighted by Crippen LogP contribution is -2.18. The highest BCUT2D eigenvalue weighted by Crippen LogP contribution is 2.13. The van der Waals surface area contributed by atoms with Crippen LogP contribution in [-0.2, 0) is 0 Å². The number of carbonyl (C=O) groups is 2. The Kier molecular flexibility index (Phi) is 5.86. The number of carbonyl (C=O) groups excluding carboxylic acids is 2. The molecule has 0 aromatic heterocycles. The van der Waals surface area contributed by atoms with E-state index < -0.39 is 23.4 Å². The van der Waals surface area contributed by atoms with E-state index in [1.807, 2.05) is 0 Å². The molecule has 0 spiro atoms. The van der Waals surface area contributed by atoms with Crippen LogP contribution in [0.15, 0.2) is 77.9 Å². The largest absolute Gasteiger partial charge is 0.322 e. The van der Waals surface area contributed by atoms with Gasteiger partial charge in [-0.15, -0.1) is 0 Å². The van der Waals surface area contributed by atoms with Crippen molar-refractivity contribution in [1.29, 1.82) is 0 Å². The van der Waals surface area contributed by atoms with Crippen LogP contribution >= 0.6 is 0 Å². The van der Waals surface area contributed by atoms with E-state index in [1.165, 1.54) is 48.7 Å². The third-order valence-corrected chi connectivity index (χ3v) is 3.76. The Morgan fingerprint density at radius 1 is 0.821 bits per heavy atom. The lowest BCUT2D eigenvalue weighted by atomic mass is 10.1. The van der Waals surface area contributed by atoms with E-state index >= 15 is 0 Å². The molecule has 28 heavy (non-hydrogen) atoms. The molecule has 0 aliphatic rings. The average Bonchev–Trinajstić information content (AvgIpc) is 2.70. The van der Waals surface area contributed by atoms with Crippen LogP contribution in [0.3, 0.4) is 0 Å². The summed E-state index contributed by atoms with van der Waals surface area (Å²) >= 11 is 0. The summed E-state index contributed by atoms with van der Waals surface area (Å²) in [5, 5.41) is 6.37.